The van der Waals surface area contributed by atoms with E-state index in [2.05, 4.69) is 10.2 Å². The number of rotatable bonds is 4. The third-order valence-corrected chi connectivity index (χ3v) is 3.97. The lowest BCUT2D eigenvalue weighted by Crippen LogP contribution is -2.49. The van der Waals surface area contributed by atoms with Crippen molar-refractivity contribution in [1.82, 2.24) is 10.2 Å². The summed E-state index contributed by atoms with van der Waals surface area (Å²) in [5.41, 5.74) is 5.41. The highest BCUT2D eigenvalue weighted by atomic mass is 16.5. The minimum Gasteiger partial charge on any atom is -0.381 e. The Bertz CT molecular complexity index is 267. The van der Waals surface area contributed by atoms with Gasteiger partial charge in [0, 0.05) is 38.9 Å². The molecule has 2 aliphatic heterocycles. The van der Waals surface area contributed by atoms with Crippen LogP contribution in [0.3, 0.4) is 0 Å². The second kappa shape index (κ2) is 7.07. The third kappa shape index (κ3) is 3.67. The Labute approximate surface area is 109 Å². The Balaban J connectivity index is 1.81. The number of carbonyl (C=O) groups excluding carboxylic acids is 1. The van der Waals surface area contributed by atoms with E-state index < -0.39 is 0 Å². The van der Waals surface area contributed by atoms with Gasteiger partial charge in [-0.2, -0.15) is 0 Å². The molecular formula is C13H25N3O2. The molecule has 1 amide bonds. The van der Waals surface area contributed by atoms with Crippen LogP contribution in [-0.2, 0) is 9.53 Å². The number of nitrogens with one attached hydrogen (secondary N) is 1. The van der Waals surface area contributed by atoms with E-state index in [1.807, 2.05) is 0 Å². The Morgan fingerprint density at radius 2 is 2.11 bits per heavy atom. The first-order valence-corrected chi connectivity index (χ1v) is 7.11. The molecule has 0 saturated carbocycles. The molecule has 0 bridgehead atoms. The molecule has 5 heteroatoms. The predicted octanol–water partition coefficient (Wildman–Crippen LogP) is -0.0477. The van der Waals surface area contributed by atoms with Crippen LogP contribution in [0.1, 0.15) is 25.7 Å². The molecule has 2 aliphatic rings. The summed E-state index contributed by atoms with van der Waals surface area (Å²) in [5, 5.41) is 2.91. The first kappa shape index (κ1) is 13.8. The van der Waals surface area contributed by atoms with Gasteiger partial charge in [-0.1, -0.05) is 0 Å². The summed E-state index contributed by atoms with van der Waals surface area (Å²) < 4.78 is 5.40. The molecule has 1 atom stereocenters. The molecule has 104 valence electrons. The van der Waals surface area contributed by atoms with Crippen LogP contribution in [0.5, 0.6) is 0 Å². The van der Waals surface area contributed by atoms with Gasteiger partial charge in [-0.3, -0.25) is 9.69 Å². The average molecular weight is 255 g/mol. The van der Waals surface area contributed by atoms with Crippen molar-refractivity contribution in [2.45, 2.75) is 31.7 Å². The van der Waals surface area contributed by atoms with E-state index in [4.69, 9.17) is 10.5 Å². The Morgan fingerprint density at radius 1 is 1.33 bits per heavy atom. The van der Waals surface area contributed by atoms with Crippen LogP contribution in [-0.4, -0.2) is 56.2 Å². The van der Waals surface area contributed by atoms with Crippen molar-refractivity contribution in [2.75, 3.05) is 39.4 Å². The number of nitrogens with zero attached hydrogens (tertiary/aromatic N) is 1. The molecule has 0 aromatic rings. The molecule has 0 aromatic carbocycles. The Kier molecular flexibility index (Phi) is 5.41. The molecule has 2 fully saturated rings. The summed E-state index contributed by atoms with van der Waals surface area (Å²) in [6, 6.07) is 0.615. The van der Waals surface area contributed by atoms with E-state index in [0.29, 0.717) is 19.1 Å². The van der Waals surface area contributed by atoms with Gasteiger partial charge in [0.15, 0.2) is 0 Å². The lowest BCUT2D eigenvalue weighted by molar-refractivity contribution is -0.127. The molecule has 5 nitrogen and oxygen atoms in total. The number of carbonyl (C=O) groups is 1. The average Bonchev–Trinajstić information content (AvgIpc) is 2.46. The number of ether oxygens (including phenoxy) is 1. The Hall–Kier alpha value is -0.650. The van der Waals surface area contributed by atoms with E-state index >= 15 is 0 Å². The van der Waals surface area contributed by atoms with E-state index in [0.717, 1.165) is 52.0 Å². The third-order valence-electron chi connectivity index (χ3n) is 3.97. The van der Waals surface area contributed by atoms with Gasteiger partial charge >= 0.3 is 0 Å². The van der Waals surface area contributed by atoms with Gasteiger partial charge in [0.2, 0.25) is 5.91 Å². The first-order chi connectivity index (χ1) is 8.81. The zero-order chi connectivity index (χ0) is 12.8. The number of hydrogen-bond acceptors (Lipinski definition) is 4. The molecule has 2 heterocycles. The van der Waals surface area contributed by atoms with Crippen LogP contribution in [0.2, 0.25) is 0 Å². The molecule has 1 unspecified atom stereocenters. The number of likely N-dealkylation sites (tertiary alicyclic amines) is 1. The molecule has 0 aromatic heterocycles. The summed E-state index contributed by atoms with van der Waals surface area (Å²) in [5.74, 6) is 0.324. The van der Waals surface area contributed by atoms with Crippen molar-refractivity contribution in [2.24, 2.45) is 11.7 Å². The van der Waals surface area contributed by atoms with Crippen LogP contribution in [0.4, 0.5) is 0 Å². The zero-order valence-corrected chi connectivity index (χ0v) is 11.1. The molecule has 0 spiro atoms. The Morgan fingerprint density at radius 3 is 2.83 bits per heavy atom. The maximum absolute atomic E-state index is 12.0. The minimum atomic E-state index is 0.146. The maximum atomic E-state index is 12.0. The van der Waals surface area contributed by atoms with Crippen molar-refractivity contribution >= 4 is 5.91 Å². The minimum absolute atomic E-state index is 0.146. The van der Waals surface area contributed by atoms with E-state index in [1.54, 1.807) is 0 Å². The smallest absolute Gasteiger partial charge is 0.224 e. The summed E-state index contributed by atoms with van der Waals surface area (Å²) in [6.07, 6.45) is 4.35. The summed E-state index contributed by atoms with van der Waals surface area (Å²) in [7, 11) is 0. The van der Waals surface area contributed by atoms with Gasteiger partial charge in [0.05, 0.1) is 5.92 Å². The highest BCUT2D eigenvalue weighted by molar-refractivity contribution is 5.78. The monoisotopic (exact) mass is 255 g/mol. The number of nitrogens with two attached hydrogens (primary N) is 1. The van der Waals surface area contributed by atoms with Crippen molar-refractivity contribution in [3.8, 4) is 0 Å². The van der Waals surface area contributed by atoms with Gasteiger partial charge in [0.25, 0.3) is 0 Å². The molecule has 0 radical (unpaired) electrons. The number of amides is 1. The zero-order valence-electron chi connectivity index (χ0n) is 11.1. The largest absolute Gasteiger partial charge is 0.381 e. The van der Waals surface area contributed by atoms with Crippen LogP contribution in [0, 0.1) is 5.92 Å². The van der Waals surface area contributed by atoms with Crippen molar-refractivity contribution in [1.29, 1.82) is 0 Å². The summed E-state index contributed by atoms with van der Waals surface area (Å²) in [4.78, 5) is 14.5. The quantitative estimate of drug-likeness (QED) is 0.739. The highest BCUT2D eigenvalue weighted by Crippen LogP contribution is 2.23. The number of hydrogen-bond donors (Lipinski definition) is 2. The van der Waals surface area contributed by atoms with Crippen molar-refractivity contribution in [3.63, 3.8) is 0 Å². The molecule has 18 heavy (non-hydrogen) atoms. The van der Waals surface area contributed by atoms with Crippen molar-refractivity contribution < 1.29 is 9.53 Å². The second-order valence-corrected chi connectivity index (χ2v) is 5.26. The van der Waals surface area contributed by atoms with Crippen LogP contribution in [0.25, 0.3) is 0 Å². The topological polar surface area (TPSA) is 67.6 Å². The maximum Gasteiger partial charge on any atom is 0.224 e. The van der Waals surface area contributed by atoms with E-state index in [9.17, 15) is 4.79 Å². The highest BCUT2D eigenvalue weighted by Gasteiger charge is 2.30. The van der Waals surface area contributed by atoms with Gasteiger partial charge in [0.1, 0.15) is 0 Å². The molecule has 2 saturated heterocycles. The SMILES string of the molecule is NCCNC(=O)C1CCCN(C2CCOCC2)C1. The molecule has 3 N–H and O–H groups in total. The van der Waals surface area contributed by atoms with E-state index in [-0.39, 0.29) is 11.8 Å². The molecule has 0 aliphatic carbocycles. The van der Waals surface area contributed by atoms with Gasteiger partial charge in [-0.25, -0.2) is 0 Å². The van der Waals surface area contributed by atoms with Gasteiger partial charge in [-0.05, 0) is 32.2 Å². The first-order valence-electron chi connectivity index (χ1n) is 7.11. The van der Waals surface area contributed by atoms with Crippen LogP contribution < -0.4 is 11.1 Å². The second-order valence-electron chi connectivity index (χ2n) is 5.26. The lowest BCUT2D eigenvalue weighted by atomic mass is 9.94. The van der Waals surface area contributed by atoms with Crippen LogP contribution >= 0.6 is 0 Å². The van der Waals surface area contributed by atoms with E-state index in [1.165, 1.54) is 0 Å². The fourth-order valence-corrected chi connectivity index (χ4v) is 2.94. The fourth-order valence-electron chi connectivity index (χ4n) is 2.94. The predicted molar refractivity (Wildman–Crippen MR) is 70.2 cm³/mol. The lowest BCUT2D eigenvalue weighted by Gasteiger charge is -2.39. The molecular weight excluding hydrogens is 230 g/mol. The fraction of sp³-hybridized carbons (Fsp3) is 0.923. The number of piperidine rings is 1. The van der Waals surface area contributed by atoms with Gasteiger partial charge < -0.3 is 15.8 Å². The molecule has 2 rings (SSSR count). The normalized spacial score (nSPS) is 27.1. The van der Waals surface area contributed by atoms with Crippen LogP contribution in [0.15, 0.2) is 0 Å². The standard InChI is InChI=1S/C13H25N3O2/c14-5-6-15-13(17)11-2-1-7-16(10-11)12-3-8-18-9-4-12/h11-12H,1-10,14H2,(H,15,17). The summed E-state index contributed by atoms with van der Waals surface area (Å²) >= 11 is 0. The summed E-state index contributed by atoms with van der Waals surface area (Å²) in [6.45, 7) is 4.87. The van der Waals surface area contributed by atoms with Crippen molar-refractivity contribution in [3.05, 3.63) is 0 Å². The van der Waals surface area contributed by atoms with Gasteiger partial charge in [-0.15, -0.1) is 0 Å².